The van der Waals surface area contributed by atoms with Gasteiger partial charge in [0.1, 0.15) is 5.92 Å². The summed E-state index contributed by atoms with van der Waals surface area (Å²) < 4.78 is 0. The van der Waals surface area contributed by atoms with E-state index in [2.05, 4.69) is 16.9 Å². The van der Waals surface area contributed by atoms with Crippen LogP contribution in [0.5, 0.6) is 0 Å². The molecule has 0 aliphatic carbocycles. The first-order valence-electron chi connectivity index (χ1n) is 6.58. The van der Waals surface area contributed by atoms with Crippen LogP contribution in [-0.4, -0.2) is 45.3 Å². The van der Waals surface area contributed by atoms with Gasteiger partial charge in [-0.2, -0.15) is 0 Å². The van der Waals surface area contributed by atoms with Crippen molar-refractivity contribution in [2.24, 2.45) is 5.92 Å². The van der Waals surface area contributed by atoms with Gasteiger partial charge in [-0.1, -0.05) is 13.3 Å². The van der Waals surface area contributed by atoms with E-state index in [4.69, 9.17) is 5.11 Å². The zero-order valence-corrected chi connectivity index (χ0v) is 11.0. The third-order valence-corrected chi connectivity index (χ3v) is 3.41. The highest BCUT2D eigenvalue weighted by molar-refractivity contribution is 5.72. The minimum atomic E-state index is -0.972. The highest BCUT2D eigenvalue weighted by Crippen LogP contribution is 2.21. The molecule has 6 heteroatoms. The lowest BCUT2D eigenvalue weighted by Gasteiger charge is -2.33. The SMILES string of the molecule is CCCc1cnc(N2CC[C@H](O)[C@@H](C(=O)O)C2)nc1. The Kier molecular flexibility index (Phi) is 4.31. The molecule has 1 fully saturated rings. The van der Waals surface area contributed by atoms with E-state index in [-0.39, 0.29) is 6.54 Å². The maximum atomic E-state index is 11.1. The lowest BCUT2D eigenvalue weighted by atomic mass is 9.95. The van der Waals surface area contributed by atoms with Gasteiger partial charge in [-0.05, 0) is 18.4 Å². The number of aliphatic hydroxyl groups is 1. The molecule has 2 rings (SSSR count). The fraction of sp³-hybridized carbons (Fsp3) is 0.615. The molecule has 0 radical (unpaired) electrons. The van der Waals surface area contributed by atoms with Crippen LogP contribution in [0.25, 0.3) is 0 Å². The van der Waals surface area contributed by atoms with Gasteiger partial charge in [-0.25, -0.2) is 9.97 Å². The Labute approximate surface area is 112 Å². The molecule has 0 saturated carbocycles. The Morgan fingerprint density at radius 1 is 1.47 bits per heavy atom. The van der Waals surface area contributed by atoms with Crippen molar-refractivity contribution in [2.75, 3.05) is 18.0 Å². The van der Waals surface area contributed by atoms with Crippen LogP contribution in [0.2, 0.25) is 0 Å². The van der Waals surface area contributed by atoms with Crippen LogP contribution in [0.4, 0.5) is 5.95 Å². The van der Waals surface area contributed by atoms with Gasteiger partial charge in [0.05, 0.1) is 6.10 Å². The summed E-state index contributed by atoms with van der Waals surface area (Å²) in [6, 6.07) is 0. The number of aliphatic carboxylic acids is 1. The van der Waals surface area contributed by atoms with Crippen molar-refractivity contribution in [3.05, 3.63) is 18.0 Å². The Bertz CT molecular complexity index is 435. The van der Waals surface area contributed by atoms with Crippen LogP contribution >= 0.6 is 0 Å². The highest BCUT2D eigenvalue weighted by Gasteiger charge is 2.33. The van der Waals surface area contributed by atoms with Crippen molar-refractivity contribution in [1.29, 1.82) is 0 Å². The molecule has 2 heterocycles. The lowest BCUT2D eigenvalue weighted by molar-refractivity contribution is -0.146. The smallest absolute Gasteiger partial charge is 0.310 e. The van der Waals surface area contributed by atoms with Crippen molar-refractivity contribution < 1.29 is 15.0 Å². The van der Waals surface area contributed by atoms with Crippen LogP contribution in [-0.2, 0) is 11.2 Å². The first-order chi connectivity index (χ1) is 9.11. The van der Waals surface area contributed by atoms with Crippen LogP contribution < -0.4 is 4.90 Å². The third kappa shape index (κ3) is 3.20. The van der Waals surface area contributed by atoms with Gasteiger partial charge < -0.3 is 15.1 Å². The number of hydrogen-bond donors (Lipinski definition) is 2. The number of aromatic nitrogens is 2. The van der Waals surface area contributed by atoms with Crippen molar-refractivity contribution in [2.45, 2.75) is 32.3 Å². The first kappa shape index (κ1) is 13.7. The molecule has 1 aromatic rings. The maximum absolute atomic E-state index is 11.1. The molecule has 0 amide bonds. The minimum absolute atomic E-state index is 0.254. The molecule has 1 aliphatic rings. The molecule has 1 aromatic heterocycles. The van der Waals surface area contributed by atoms with Crippen LogP contribution in [0.1, 0.15) is 25.3 Å². The zero-order valence-electron chi connectivity index (χ0n) is 11.0. The Balaban J connectivity index is 2.07. The third-order valence-electron chi connectivity index (χ3n) is 3.41. The quantitative estimate of drug-likeness (QED) is 0.833. The number of anilines is 1. The number of hydrogen-bond acceptors (Lipinski definition) is 5. The van der Waals surface area contributed by atoms with E-state index >= 15 is 0 Å². The number of aryl methyl sites for hydroxylation is 1. The predicted octanol–water partition coefficient (Wildman–Crippen LogP) is 0.701. The molecular weight excluding hydrogens is 246 g/mol. The highest BCUT2D eigenvalue weighted by atomic mass is 16.4. The molecule has 104 valence electrons. The molecule has 0 spiro atoms. The number of piperidine rings is 1. The second-order valence-electron chi connectivity index (χ2n) is 4.89. The molecule has 1 saturated heterocycles. The second-order valence-corrected chi connectivity index (χ2v) is 4.89. The molecular formula is C13H19N3O3. The zero-order chi connectivity index (χ0) is 13.8. The number of carboxylic acids is 1. The number of rotatable bonds is 4. The molecule has 19 heavy (non-hydrogen) atoms. The normalized spacial score (nSPS) is 23.4. The average molecular weight is 265 g/mol. The van der Waals surface area contributed by atoms with Crippen LogP contribution in [0, 0.1) is 5.92 Å². The minimum Gasteiger partial charge on any atom is -0.481 e. The predicted molar refractivity (Wildman–Crippen MR) is 70.0 cm³/mol. The van der Waals surface area contributed by atoms with Crippen molar-refractivity contribution >= 4 is 11.9 Å². The average Bonchev–Trinajstić information content (AvgIpc) is 2.40. The van der Waals surface area contributed by atoms with Crippen molar-refractivity contribution in [1.82, 2.24) is 9.97 Å². The lowest BCUT2D eigenvalue weighted by Crippen LogP contribution is -2.47. The van der Waals surface area contributed by atoms with E-state index in [1.165, 1.54) is 0 Å². The summed E-state index contributed by atoms with van der Waals surface area (Å²) in [5, 5.41) is 18.7. The second kappa shape index (κ2) is 5.97. The van der Waals surface area contributed by atoms with Crippen molar-refractivity contribution in [3.63, 3.8) is 0 Å². The fourth-order valence-electron chi connectivity index (χ4n) is 2.29. The summed E-state index contributed by atoms with van der Waals surface area (Å²) in [4.78, 5) is 21.4. The largest absolute Gasteiger partial charge is 0.481 e. The Morgan fingerprint density at radius 2 is 2.16 bits per heavy atom. The number of carbonyl (C=O) groups is 1. The molecule has 0 aromatic carbocycles. The summed E-state index contributed by atoms with van der Waals surface area (Å²) in [6.07, 6.45) is 5.19. The van der Waals surface area contributed by atoms with Gasteiger partial charge in [0.2, 0.25) is 5.95 Å². The molecule has 0 unspecified atom stereocenters. The standard InChI is InChI=1S/C13H19N3O3/c1-2-3-9-6-14-13(15-7-9)16-5-4-11(17)10(8-16)12(18)19/h6-7,10-11,17H,2-5,8H2,1H3,(H,18,19)/t10-,11-/m0/s1. The molecule has 1 aliphatic heterocycles. The Morgan fingerprint density at radius 3 is 2.74 bits per heavy atom. The van der Waals surface area contributed by atoms with Crippen LogP contribution in [0.3, 0.4) is 0 Å². The summed E-state index contributed by atoms with van der Waals surface area (Å²) in [5.41, 5.74) is 1.08. The number of aliphatic hydroxyl groups excluding tert-OH is 1. The van der Waals surface area contributed by atoms with Gasteiger partial charge in [0.15, 0.2) is 0 Å². The Hall–Kier alpha value is -1.69. The molecule has 2 atom stereocenters. The van der Waals surface area contributed by atoms with Crippen molar-refractivity contribution in [3.8, 4) is 0 Å². The fourth-order valence-corrected chi connectivity index (χ4v) is 2.29. The molecule has 0 bridgehead atoms. The number of carboxylic acid groups (broad SMARTS) is 1. The van der Waals surface area contributed by atoms with E-state index in [1.807, 2.05) is 4.90 Å². The van der Waals surface area contributed by atoms with E-state index in [0.717, 1.165) is 18.4 Å². The first-order valence-corrected chi connectivity index (χ1v) is 6.58. The van der Waals surface area contributed by atoms with Gasteiger partial charge in [-0.3, -0.25) is 4.79 Å². The van der Waals surface area contributed by atoms with E-state index < -0.39 is 18.0 Å². The van der Waals surface area contributed by atoms with E-state index in [0.29, 0.717) is 18.9 Å². The summed E-state index contributed by atoms with van der Waals surface area (Å²) in [5.74, 6) is -1.20. The van der Waals surface area contributed by atoms with Crippen LogP contribution in [0.15, 0.2) is 12.4 Å². The van der Waals surface area contributed by atoms with E-state index in [9.17, 15) is 9.90 Å². The van der Waals surface area contributed by atoms with Gasteiger partial charge in [0.25, 0.3) is 0 Å². The van der Waals surface area contributed by atoms with Gasteiger partial charge in [-0.15, -0.1) is 0 Å². The molecule has 6 nitrogen and oxygen atoms in total. The van der Waals surface area contributed by atoms with E-state index in [1.54, 1.807) is 12.4 Å². The molecule has 2 N–H and O–H groups in total. The number of nitrogens with zero attached hydrogens (tertiary/aromatic N) is 3. The monoisotopic (exact) mass is 265 g/mol. The van der Waals surface area contributed by atoms with Gasteiger partial charge >= 0.3 is 5.97 Å². The summed E-state index contributed by atoms with van der Waals surface area (Å²) in [6.45, 7) is 2.93. The maximum Gasteiger partial charge on any atom is 0.310 e. The summed E-state index contributed by atoms with van der Waals surface area (Å²) in [7, 11) is 0. The van der Waals surface area contributed by atoms with Gasteiger partial charge in [0, 0.05) is 25.5 Å². The summed E-state index contributed by atoms with van der Waals surface area (Å²) >= 11 is 0. The topological polar surface area (TPSA) is 86.5 Å².